The van der Waals surface area contributed by atoms with Crippen molar-refractivity contribution in [2.24, 2.45) is 0 Å². The third kappa shape index (κ3) is 2.48. The number of fused-ring (bicyclic) bond motifs is 1. The van der Waals surface area contributed by atoms with Gasteiger partial charge in [0.15, 0.2) is 0 Å². The molecule has 0 radical (unpaired) electrons. The minimum Gasteiger partial charge on any atom is -0.368 e. The van der Waals surface area contributed by atoms with Gasteiger partial charge < -0.3 is 4.98 Å². The highest BCUT2D eigenvalue weighted by molar-refractivity contribution is 5.81. The van der Waals surface area contributed by atoms with Crippen LogP contribution in [-0.4, -0.2) is 9.97 Å². The summed E-state index contributed by atoms with van der Waals surface area (Å²) in [6.07, 6.45) is 5.59. The Bertz CT molecular complexity index is 519. The first-order valence-corrected chi connectivity index (χ1v) is 5.26. The number of aromatic nitrogens is 2. The molecule has 0 aliphatic carbocycles. The summed E-state index contributed by atoms with van der Waals surface area (Å²) >= 11 is 0. The maximum absolute atomic E-state index is 4.24. The van der Waals surface area contributed by atoms with Gasteiger partial charge in [0.25, 0.3) is 0 Å². The molecule has 0 saturated heterocycles. The minimum absolute atomic E-state index is 1.08. The number of aromatic amines is 1. The second-order valence-electron chi connectivity index (χ2n) is 3.53. The summed E-state index contributed by atoms with van der Waals surface area (Å²) in [6, 6.07) is 14.1. The third-order valence-electron chi connectivity index (χ3n) is 2.36. The molecule has 0 unspecified atom stereocenters. The molecular formula is C14H14N2. The zero-order valence-electron chi connectivity index (χ0n) is 9.22. The van der Waals surface area contributed by atoms with Crippen LogP contribution in [-0.2, 0) is 0 Å². The van der Waals surface area contributed by atoms with Crippen molar-refractivity contribution in [1.29, 1.82) is 0 Å². The number of pyridine rings is 1. The summed E-state index contributed by atoms with van der Waals surface area (Å²) in [7, 11) is 0. The van der Waals surface area contributed by atoms with E-state index in [2.05, 4.69) is 23.0 Å². The van der Waals surface area contributed by atoms with Crippen molar-refractivity contribution in [3.8, 4) is 0 Å². The van der Waals surface area contributed by atoms with Crippen molar-refractivity contribution in [3.63, 3.8) is 0 Å². The Kier molecular flexibility index (Phi) is 3.34. The van der Waals surface area contributed by atoms with Gasteiger partial charge in [-0.3, -0.25) is 4.98 Å². The normalized spacial score (nSPS) is 9.56. The van der Waals surface area contributed by atoms with Crippen LogP contribution >= 0.6 is 0 Å². The lowest BCUT2D eigenvalue weighted by atomic mass is 10.1. The lowest BCUT2D eigenvalue weighted by molar-refractivity contribution is 1.37. The molecule has 1 N–H and O–H groups in total. The second kappa shape index (κ2) is 5.12. The Hall–Kier alpha value is -2.09. The Morgan fingerprint density at radius 1 is 0.938 bits per heavy atom. The van der Waals surface area contributed by atoms with Crippen LogP contribution in [0.15, 0.2) is 61.1 Å². The maximum Gasteiger partial charge on any atom is 0.0704 e. The lowest BCUT2D eigenvalue weighted by Crippen LogP contribution is -1.79. The maximum atomic E-state index is 4.24. The van der Waals surface area contributed by atoms with Crippen molar-refractivity contribution < 1.29 is 0 Å². The van der Waals surface area contributed by atoms with Crippen molar-refractivity contribution in [2.75, 3.05) is 0 Å². The van der Waals surface area contributed by atoms with E-state index < -0.39 is 0 Å². The number of H-pyrrole nitrogens is 1. The van der Waals surface area contributed by atoms with E-state index in [4.69, 9.17) is 0 Å². The molecule has 3 rings (SSSR count). The van der Waals surface area contributed by atoms with Crippen LogP contribution in [0, 0.1) is 6.92 Å². The largest absolute Gasteiger partial charge is 0.368 e. The fourth-order valence-electron chi connectivity index (χ4n) is 1.52. The second-order valence-corrected chi connectivity index (χ2v) is 3.53. The van der Waals surface area contributed by atoms with Crippen molar-refractivity contribution in [1.82, 2.24) is 9.97 Å². The molecule has 0 amide bonds. The van der Waals surface area contributed by atoms with E-state index in [0.717, 1.165) is 5.52 Å². The molecule has 1 aromatic carbocycles. The molecule has 80 valence electrons. The number of hydrogen-bond donors (Lipinski definition) is 1. The topological polar surface area (TPSA) is 28.7 Å². The van der Waals surface area contributed by atoms with Gasteiger partial charge in [-0.15, -0.1) is 0 Å². The van der Waals surface area contributed by atoms with Gasteiger partial charge in [-0.1, -0.05) is 18.2 Å². The van der Waals surface area contributed by atoms with Gasteiger partial charge in [-0.2, -0.15) is 0 Å². The molecule has 2 heterocycles. The van der Waals surface area contributed by atoms with Crippen LogP contribution in [0.5, 0.6) is 0 Å². The van der Waals surface area contributed by atoms with E-state index in [1.807, 2.05) is 55.0 Å². The number of rotatable bonds is 0. The van der Waals surface area contributed by atoms with Crippen LogP contribution in [0.4, 0.5) is 0 Å². The van der Waals surface area contributed by atoms with Gasteiger partial charge in [-0.05, 0) is 36.8 Å². The van der Waals surface area contributed by atoms with Gasteiger partial charge in [0.1, 0.15) is 0 Å². The minimum atomic E-state index is 1.08. The van der Waals surface area contributed by atoms with E-state index >= 15 is 0 Å². The third-order valence-corrected chi connectivity index (χ3v) is 2.36. The summed E-state index contributed by atoms with van der Waals surface area (Å²) < 4.78 is 0. The highest BCUT2D eigenvalue weighted by Crippen LogP contribution is 2.13. The van der Waals surface area contributed by atoms with Gasteiger partial charge >= 0.3 is 0 Å². The number of hydrogen-bond acceptors (Lipinski definition) is 1. The predicted octanol–water partition coefficient (Wildman–Crippen LogP) is 3.56. The van der Waals surface area contributed by atoms with E-state index in [9.17, 15) is 0 Å². The molecule has 0 aliphatic heterocycles. The molecule has 0 saturated carbocycles. The van der Waals surface area contributed by atoms with Crippen molar-refractivity contribution in [3.05, 3.63) is 66.6 Å². The highest BCUT2D eigenvalue weighted by Gasteiger charge is 1.93. The zero-order chi connectivity index (χ0) is 11.2. The Morgan fingerprint density at radius 2 is 1.69 bits per heavy atom. The molecular weight excluding hydrogens is 196 g/mol. The molecule has 0 aliphatic rings. The molecule has 3 aromatic rings. The quantitative estimate of drug-likeness (QED) is 0.604. The first kappa shape index (κ1) is 10.4. The van der Waals surface area contributed by atoms with Crippen molar-refractivity contribution in [2.45, 2.75) is 6.92 Å². The SMILES string of the molecule is Cc1ccnc2ccccc12.c1cc[nH]c1. The average Bonchev–Trinajstić information content (AvgIpc) is 2.88. The van der Waals surface area contributed by atoms with E-state index in [-0.39, 0.29) is 0 Å². The van der Waals surface area contributed by atoms with Crippen molar-refractivity contribution >= 4 is 10.9 Å². The molecule has 16 heavy (non-hydrogen) atoms. The standard InChI is InChI=1S/C10H9N.C4H5N/c1-8-6-7-11-10-5-3-2-4-9(8)10;1-2-4-5-3-1/h2-7H,1H3;1-5H. The monoisotopic (exact) mass is 210 g/mol. The van der Waals surface area contributed by atoms with E-state index in [1.54, 1.807) is 0 Å². The summed E-state index contributed by atoms with van der Waals surface area (Å²) in [5.41, 5.74) is 2.36. The molecule has 0 fully saturated rings. The average molecular weight is 210 g/mol. The van der Waals surface area contributed by atoms with E-state index in [1.165, 1.54) is 10.9 Å². The van der Waals surface area contributed by atoms with E-state index in [0.29, 0.717) is 0 Å². The molecule has 2 aromatic heterocycles. The van der Waals surface area contributed by atoms with Crippen LogP contribution in [0.2, 0.25) is 0 Å². The lowest BCUT2D eigenvalue weighted by Gasteiger charge is -1.97. The Morgan fingerprint density at radius 3 is 2.31 bits per heavy atom. The summed E-state index contributed by atoms with van der Waals surface area (Å²) in [4.78, 5) is 7.10. The van der Waals surface area contributed by atoms with Crippen LogP contribution < -0.4 is 0 Å². The molecule has 2 nitrogen and oxygen atoms in total. The highest BCUT2D eigenvalue weighted by atomic mass is 14.6. The molecule has 0 spiro atoms. The summed E-state index contributed by atoms with van der Waals surface area (Å²) in [6.45, 7) is 2.10. The first-order valence-electron chi connectivity index (χ1n) is 5.26. The van der Waals surface area contributed by atoms with Crippen LogP contribution in [0.1, 0.15) is 5.56 Å². The Labute approximate surface area is 95.0 Å². The van der Waals surface area contributed by atoms with Gasteiger partial charge in [0.05, 0.1) is 5.52 Å². The Balaban J connectivity index is 0.000000162. The molecule has 0 atom stereocenters. The first-order chi connectivity index (χ1) is 7.88. The number of nitrogens with one attached hydrogen (secondary N) is 1. The number of nitrogens with zero attached hydrogens (tertiary/aromatic N) is 1. The smallest absolute Gasteiger partial charge is 0.0704 e. The van der Waals surface area contributed by atoms with Crippen LogP contribution in [0.3, 0.4) is 0 Å². The van der Waals surface area contributed by atoms with Gasteiger partial charge in [0, 0.05) is 24.0 Å². The zero-order valence-corrected chi connectivity index (χ0v) is 9.22. The fraction of sp³-hybridized carbons (Fsp3) is 0.0714. The number of aryl methyl sites for hydroxylation is 1. The van der Waals surface area contributed by atoms with Gasteiger partial charge in [-0.25, -0.2) is 0 Å². The van der Waals surface area contributed by atoms with Gasteiger partial charge in [0.2, 0.25) is 0 Å². The molecule has 0 bridgehead atoms. The molecule has 2 heteroatoms. The van der Waals surface area contributed by atoms with Crippen LogP contribution in [0.25, 0.3) is 10.9 Å². The summed E-state index contributed by atoms with van der Waals surface area (Å²) in [5.74, 6) is 0. The fourth-order valence-corrected chi connectivity index (χ4v) is 1.52. The number of para-hydroxylation sites is 1. The predicted molar refractivity (Wildman–Crippen MR) is 67.3 cm³/mol. The number of benzene rings is 1. The summed E-state index contributed by atoms with van der Waals surface area (Å²) in [5, 5.41) is 1.25.